The SMILES string of the molecule is Cc1c(C(=O)Nc2ccncc2)oc2c1/C(=N\NC(N)=S)CC(C)(C)C2. The predicted octanol–water partition coefficient (Wildman–Crippen LogP) is 2.75. The lowest BCUT2D eigenvalue weighted by Gasteiger charge is -2.29. The number of furan rings is 1. The number of aromatic nitrogens is 1. The van der Waals surface area contributed by atoms with Crippen LogP contribution in [0.25, 0.3) is 0 Å². The molecule has 7 nitrogen and oxygen atoms in total. The molecule has 4 N–H and O–H groups in total. The zero-order valence-electron chi connectivity index (χ0n) is 14.9. The molecule has 0 atom stereocenters. The van der Waals surface area contributed by atoms with Crippen LogP contribution in [0.15, 0.2) is 34.0 Å². The van der Waals surface area contributed by atoms with Crippen LogP contribution in [0.4, 0.5) is 5.69 Å². The average Bonchev–Trinajstić information content (AvgIpc) is 2.89. The molecule has 0 saturated heterocycles. The van der Waals surface area contributed by atoms with Crippen LogP contribution in [0.2, 0.25) is 0 Å². The first kappa shape index (κ1) is 18.1. The van der Waals surface area contributed by atoms with Crippen LogP contribution < -0.4 is 16.5 Å². The molecule has 26 heavy (non-hydrogen) atoms. The molecule has 0 fully saturated rings. The molecule has 1 amide bonds. The van der Waals surface area contributed by atoms with E-state index in [0.717, 1.165) is 35.4 Å². The van der Waals surface area contributed by atoms with E-state index in [1.165, 1.54) is 0 Å². The third-order valence-corrected chi connectivity index (χ3v) is 4.33. The largest absolute Gasteiger partial charge is 0.455 e. The summed E-state index contributed by atoms with van der Waals surface area (Å²) < 4.78 is 5.94. The van der Waals surface area contributed by atoms with E-state index in [-0.39, 0.29) is 22.2 Å². The Balaban J connectivity index is 1.97. The molecule has 2 aromatic heterocycles. The third-order valence-electron chi connectivity index (χ3n) is 4.24. The maximum Gasteiger partial charge on any atom is 0.291 e. The number of carbonyl (C=O) groups is 1. The fourth-order valence-electron chi connectivity index (χ4n) is 3.17. The van der Waals surface area contributed by atoms with Gasteiger partial charge in [-0.2, -0.15) is 5.10 Å². The highest BCUT2D eigenvalue weighted by Gasteiger charge is 2.36. The van der Waals surface area contributed by atoms with Crippen molar-refractivity contribution in [2.75, 3.05) is 5.32 Å². The number of rotatable bonds is 3. The first-order chi connectivity index (χ1) is 12.3. The van der Waals surface area contributed by atoms with Crippen molar-refractivity contribution in [3.05, 3.63) is 47.2 Å². The maximum atomic E-state index is 12.7. The summed E-state index contributed by atoms with van der Waals surface area (Å²) in [5.41, 5.74) is 11.1. The number of carbonyl (C=O) groups excluding carboxylic acids is 1. The number of hydrogen-bond acceptors (Lipinski definition) is 5. The summed E-state index contributed by atoms with van der Waals surface area (Å²) >= 11 is 4.84. The third kappa shape index (κ3) is 3.75. The van der Waals surface area contributed by atoms with Crippen LogP contribution in [-0.4, -0.2) is 21.7 Å². The number of hydrazone groups is 1. The van der Waals surface area contributed by atoms with Crippen LogP contribution in [0.3, 0.4) is 0 Å². The number of anilines is 1. The number of hydrogen-bond donors (Lipinski definition) is 3. The number of pyridine rings is 1. The number of nitrogens with one attached hydrogen (secondary N) is 2. The van der Waals surface area contributed by atoms with E-state index in [9.17, 15) is 4.79 Å². The van der Waals surface area contributed by atoms with Crippen LogP contribution in [0.5, 0.6) is 0 Å². The van der Waals surface area contributed by atoms with Crippen molar-refractivity contribution in [2.24, 2.45) is 16.3 Å². The lowest BCUT2D eigenvalue weighted by atomic mass is 9.75. The van der Waals surface area contributed by atoms with E-state index in [2.05, 4.69) is 34.7 Å². The van der Waals surface area contributed by atoms with E-state index in [1.807, 2.05) is 6.92 Å². The summed E-state index contributed by atoms with van der Waals surface area (Å²) in [7, 11) is 0. The lowest BCUT2D eigenvalue weighted by Crippen LogP contribution is -2.31. The zero-order valence-corrected chi connectivity index (χ0v) is 15.7. The van der Waals surface area contributed by atoms with Gasteiger partial charge in [0.2, 0.25) is 0 Å². The second kappa shape index (κ2) is 6.87. The Bertz CT molecular complexity index is 886. The summed E-state index contributed by atoms with van der Waals surface area (Å²) in [5, 5.41) is 7.26. The number of amides is 1. The zero-order chi connectivity index (χ0) is 18.9. The van der Waals surface area contributed by atoms with Crippen molar-refractivity contribution < 1.29 is 9.21 Å². The fourth-order valence-corrected chi connectivity index (χ4v) is 3.22. The number of fused-ring (bicyclic) bond motifs is 1. The molecule has 136 valence electrons. The van der Waals surface area contributed by atoms with E-state index in [0.29, 0.717) is 5.69 Å². The number of nitrogens with zero attached hydrogens (tertiary/aromatic N) is 2. The number of nitrogens with two attached hydrogens (primary N) is 1. The van der Waals surface area contributed by atoms with Gasteiger partial charge in [0.25, 0.3) is 5.91 Å². The van der Waals surface area contributed by atoms with E-state index >= 15 is 0 Å². The first-order valence-corrected chi connectivity index (χ1v) is 8.64. The van der Waals surface area contributed by atoms with Gasteiger partial charge in [-0.25, -0.2) is 0 Å². The molecule has 0 saturated carbocycles. The van der Waals surface area contributed by atoms with Crippen LogP contribution in [-0.2, 0) is 6.42 Å². The van der Waals surface area contributed by atoms with Gasteiger partial charge in [-0.3, -0.25) is 15.2 Å². The average molecular weight is 371 g/mol. The van der Waals surface area contributed by atoms with Crippen molar-refractivity contribution >= 4 is 34.6 Å². The molecular formula is C18H21N5O2S. The molecule has 2 heterocycles. The van der Waals surface area contributed by atoms with Crippen molar-refractivity contribution in [3.63, 3.8) is 0 Å². The Labute approximate surface area is 157 Å². The minimum Gasteiger partial charge on any atom is -0.455 e. The molecule has 0 spiro atoms. The molecule has 1 aliphatic rings. The highest BCUT2D eigenvalue weighted by molar-refractivity contribution is 7.80. The van der Waals surface area contributed by atoms with E-state index < -0.39 is 0 Å². The Morgan fingerprint density at radius 3 is 2.69 bits per heavy atom. The highest BCUT2D eigenvalue weighted by atomic mass is 32.1. The molecular weight excluding hydrogens is 350 g/mol. The quantitative estimate of drug-likeness (QED) is 0.566. The van der Waals surface area contributed by atoms with Crippen molar-refractivity contribution in [2.45, 2.75) is 33.6 Å². The summed E-state index contributed by atoms with van der Waals surface area (Å²) in [6.07, 6.45) is 4.67. The molecule has 0 bridgehead atoms. The standard InChI is InChI=1S/C18H21N5O2S/c1-10-14-12(22-23-17(19)26)8-18(2,3)9-13(14)25-15(10)16(24)21-11-4-6-20-7-5-11/h4-7H,8-9H2,1-3H3,(H3,19,23,26)(H,20,21,24)/b22-12-. The second-order valence-corrected chi connectivity index (χ2v) is 7.54. The van der Waals surface area contributed by atoms with Crippen LogP contribution in [0, 0.1) is 12.3 Å². The van der Waals surface area contributed by atoms with Crippen molar-refractivity contribution in [3.8, 4) is 0 Å². The Kier molecular flexibility index (Phi) is 4.78. The van der Waals surface area contributed by atoms with Crippen LogP contribution >= 0.6 is 12.2 Å². The molecule has 0 unspecified atom stereocenters. The summed E-state index contributed by atoms with van der Waals surface area (Å²) in [6, 6.07) is 3.44. The summed E-state index contributed by atoms with van der Waals surface area (Å²) in [6.45, 7) is 6.11. The van der Waals surface area contributed by atoms with Gasteiger partial charge < -0.3 is 15.5 Å². The maximum absolute atomic E-state index is 12.7. The van der Waals surface area contributed by atoms with Gasteiger partial charge in [0, 0.05) is 35.6 Å². The van der Waals surface area contributed by atoms with Crippen molar-refractivity contribution in [1.82, 2.24) is 10.4 Å². The fraction of sp³-hybridized carbons (Fsp3) is 0.333. The summed E-state index contributed by atoms with van der Waals surface area (Å²) in [5.74, 6) is 0.734. The second-order valence-electron chi connectivity index (χ2n) is 7.10. The Hall–Kier alpha value is -2.74. The normalized spacial score (nSPS) is 16.8. The lowest BCUT2D eigenvalue weighted by molar-refractivity contribution is 0.0993. The Morgan fingerprint density at radius 2 is 2.04 bits per heavy atom. The molecule has 8 heteroatoms. The molecule has 3 rings (SSSR count). The smallest absolute Gasteiger partial charge is 0.291 e. The first-order valence-electron chi connectivity index (χ1n) is 8.23. The molecule has 0 radical (unpaired) electrons. The van der Waals surface area contributed by atoms with Gasteiger partial charge >= 0.3 is 0 Å². The molecule has 0 aliphatic heterocycles. The van der Waals surface area contributed by atoms with Gasteiger partial charge in [0.1, 0.15) is 5.76 Å². The minimum absolute atomic E-state index is 0.0487. The predicted molar refractivity (Wildman–Crippen MR) is 104 cm³/mol. The van der Waals surface area contributed by atoms with Gasteiger partial charge in [-0.15, -0.1) is 0 Å². The minimum atomic E-state index is -0.303. The van der Waals surface area contributed by atoms with E-state index in [1.54, 1.807) is 24.5 Å². The molecule has 2 aromatic rings. The number of thiocarbonyl (C=S) groups is 1. The van der Waals surface area contributed by atoms with Gasteiger partial charge in [-0.1, -0.05) is 13.8 Å². The molecule has 0 aromatic carbocycles. The van der Waals surface area contributed by atoms with Gasteiger partial charge in [-0.05, 0) is 43.1 Å². The summed E-state index contributed by atoms with van der Waals surface area (Å²) in [4.78, 5) is 16.6. The van der Waals surface area contributed by atoms with Gasteiger partial charge in [0.15, 0.2) is 10.9 Å². The molecule has 1 aliphatic carbocycles. The topological polar surface area (TPSA) is 106 Å². The Morgan fingerprint density at radius 1 is 1.35 bits per heavy atom. The monoisotopic (exact) mass is 371 g/mol. The van der Waals surface area contributed by atoms with Gasteiger partial charge in [0.05, 0.1) is 5.71 Å². The van der Waals surface area contributed by atoms with Crippen LogP contribution in [0.1, 0.15) is 47.7 Å². The van der Waals surface area contributed by atoms with E-state index in [4.69, 9.17) is 22.4 Å². The van der Waals surface area contributed by atoms with Crippen molar-refractivity contribution in [1.29, 1.82) is 0 Å². The highest BCUT2D eigenvalue weighted by Crippen LogP contribution is 2.38.